The van der Waals surface area contributed by atoms with E-state index in [1.807, 2.05) is 18.2 Å². The van der Waals surface area contributed by atoms with Crippen LogP contribution in [0, 0.1) is 11.3 Å². The highest BCUT2D eigenvalue weighted by atomic mass is 35.5. The van der Waals surface area contributed by atoms with Crippen molar-refractivity contribution >= 4 is 24.2 Å². The van der Waals surface area contributed by atoms with Crippen LogP contribution in [0.2, 0.25) is 5.02 Å². The van der Waals surface area contributed by atoms with Crippen LogP contribution in [0.3, 0.4) is 0 Å². The molecule has 0 radical (unpaired) electrons. The van der Waals surface area contributed by atoms with Gasteiger partial charge in [-0.2, -0.15) is 5.26 Å². The zero-order valence-electron chi connectivity index (χ0n) is 8.18. The van der Waals surface area contributed by atoms with E-state index in [0.29, 0.717) is 15.6 Å². The molecule has 2 nitrogen and oxygen atoms in total. The molecule has 0 amide bonds. The summed E-state index contributed by atoms with van der Waals surface area (Å²) >= 11 is 9.96. The summed E-state index contributed by atoms with van der Waals surface area (Å²) in [6.45, 7) is 0. The number of halogens is 1. The van der Waals surface area contributed by atoms with Gasteiger partial charge in [0.25, 0.3) is 0 Å². The highest BCUT2D eigenvalue weighted by molar-refractivity contribution is 7.80. The predicted octanol–water partition coefficient (Wildman–Crippen LogP) is 3.56. The predicted molar refractivity (Wildman–Crippen MR) is 66.7 cm³/mol. The van der Waals surface area contributed by atoms with Gasteiger partial charge in [0.2, 0.25) is 0 Å². The molecular formula is C12H7ClN2S. The molecular weight excluding hydrogens is 240 g/mol. The second-order valence-corrected chi connectivity index (χ2v) is 4.05. The van der Waals surface area contributed by atoms with Crippen LogP contribution in [0.5, 0.6) is 0 Å². The Hall–Kier alpha value is -1.50. The van der Waals surface area contributed by atoms with Crippen molar-refractivity contribution in [2.75, 3.05) is 0 Å². The molecule has 0 aliphatic heterocycles. The number of aromatic nitrogens is 1. The van der Waals surface area contributed by atoms with E-state index in [4.69, 9.17) is 16.9 Å². The van der Waals surface area contributed by atoms with Gasteiger partial charge in [-0.05, 0) is 24.3 Å². The second kappa shape index (κ2) is 4.56. The average molecular weight is 247 g/mol. The standard InChI is InChI=1S/C12H7ClN2S/c13-10-4-1-8(2-5-10)11-6-3-9(7-14)12(16)15-11/h1-6H,(H,15,16). The molecule has 2 rings (SSSR count). The summed E-state index contributed by atoms with van der Waals surface area (Å²) in [5, 5.41) is 9.88. The Kier molecular flexibility index (Phi) is 3.14. The molecule has 1 aromatic heterocycles. The maximum atomic E-state index is 8.76. The van der Waals surface area contributed by atoms with Crippen LogP contribution in [-0.2, 0) is 0 Å². The second-order valence-electron chi connectivity index (χ2n) is 3.19. The van der Waals surface area contributed by atoms with Crippen molar-refractivity contribution < 1.29 is 0 Å². The maximum absolute atomic E-state index is 8.76. The third kappa shape index (κ3) is 2.19. The van der Waals surface area contributed by atoms with E-state index in [9.17, 15) is 0 Å². The summed E-state index contributed by atoms with van der Waals surface area (Å²) in [6, 6.07) is 12.9. The van der Waals surface area contributed by atoms with Gasteiger partial charge in [0, 0.05) is 10.6 Å². The van der Waals surface area contributed by atoms with Crippen molar-refractivity contribution in [2.45, 2.75) is 5.03 Å². The van der Waals surface area contributed by atoms with Gasteiger partial charge in [0.05, 0.1) is 11.3 Å². The van der Waals surface area contributed by atoms with Crippen molar-refractivity contribution in [3.63, 3.8) is 0 Å². The van der Waals surface area contributed by atoms with Crippen LogP contribution in [0.15, 0.2) is 41.4 Å². The van der Waals surface area contributed by atoms with Gasteiger partial charge in [-0.25, -0.2) is 4.98 Å². The first-order chi connectivity index (χ1) is 7.70. The smallest absolute Gasteiger partial charge is 0.111 e. The minimum atomic E-state index is 0.440. The fourth-order valence-corrected chi connectivity index (χ4v) is 1.68. The molecule has 0 atom stereocenters. The van der Waals surface area contributed by atoms with Gasteiger partial charge in [-0.1, -0.05) is 23.7 Å². The zero-order chi connectivity index (χ0) is 11.5. The van der Waals surface area contributed by atoms with Crippen molar-refractivity contribution in [1.82, 2.24) is 4.98 Å². The Balaban J connectivity index is 2.46. The number of pyridine rings is 1. The minimum Gasteiger partial charge on any atom is -0.240 e. The van der Waals surface area contributed by atoms with E-state index in [2.05, 4.69) is 17.6 Å². The molecule has 0 saturated carbocycles. The molecule has 4 heteroatoms. The molecule has 0 aliphatic carbocycles. The van der Waals surface area contributed by atoms with Crippen molar-refractivity contribution in [3.05, 3.63) is 47.0 Å². The fourth-order valence-electron chi connectivity index (χ4n) is 1.32. The van der Waals surface area contributed by atoms with Gasteiger partial charge >= 0.3 is 0 Å². The number of benzene rings is 1. The third-order valence-electron chi connectivity index (χ3n) is 2.14. The molecule has 1 heterocycles. The third-order valence-corrected chi connectivity index (χ3v) is 2.73. The largest absolute Gasteiger partial charge is 0.240 e. The molecule has 0 aliphatic rings. The van der Waals surface area contributed by atoms with E-state index < -0.39 is 0 Å². The lowest BCUT2D eigenvalue weighted by Gasteiger charge is -2.02. The highest BCUT2D eigenvalue weighted by Gasteiger charge is 2.03. The summed E-state index contributed by atoms with van der Waals surface area (Å²) in [5.41, 5.74) is 2.20. The molecule has 2 aromatic rings. The highest BCUT2D eigenvalue weighted by Crippen LogP contribution is 2.22. The Morgan fingerprint density at radius 1 is 1.12 bits per heavy atom. The molecule has 16 heavy (non-hydrogen) atoms. The Morgan fingerprint density at radius 3 is 2.38 bits per heavy atom. The molecule has 0 unspecified atom stereocenters. The van der Waals surface area contributed by atoms with E-state index in [-0.39, 0.29) is 0 Å². The van der Waals surface area contributed by atoms with Crippen LogP contribution < -0.4 is 0 Å². The van der Waals surface area contributed by atoms with Crippen molar-refractivity contribution in [2.24, 2.45) is 0 Å². The van der Waals surface area contributed by atoms with Gasteiger partial charge in [-0.3, -0.25) is 0 Å². The fraction of sp³-hybridized carbons (Fsp3) is 0. The molecule has 0 spiro atoms. The number of hydrogen-bond donors (Lipinski definition) is 1. The quantitative estimate of drug-likeness (QED) is 0.781. The Morgan fingerprint density at radius 2 is 1.81 bits per heavy atom. The number of rotatable bonds is 1. The van der Waals surface area contributed by atoms with Gasteiger partial charge in [0.1, 0.15) is 11.1 Å². The molecule has 0 fully saturated rings. The van der Waals surface area contributed by atoms with Crippen molar-refractivity contribution in [1.29, 1.82) is 5.26 Å². The lowest BCUT2D eigenvalue weighted by molar-refractivity contribution is 1.13. The number of nitriles is 1. The molecule has 0 N–H and O–H groups in total. The summed E-state index contributed by atoms with van der Waals surface area (Å²) < 4.78 is 0. The van der Waals surface area contributed by atoms with E-state index in [1.54, 1.807) is 24.3 Å². The van der Waals surface area contributed by atoms with Gasteiger partial charge < -0.3 is 0 Å². The molecule has 0 bridgehead atoms. The van der Waals surface area contributed by atoms with Crippen molar-refractivity contribution in [3.8, 4) is 17.3 Å². The lowest BCUT2D eigenvalue weighted by Crippen LogP contribution is -1.88. The Bertz CT molecular complexity index is 558. The normalized spacial score (nSPS) is 9.81. The molecule has 78 valence electrons. The maximum Gasteiger partial charge on any atom is 0.111 e. The number of hydrogen-bond acceptors (Lipinski definition) is 3. The summed E-state index contributed by atoms with van der Waals surface area (Å²) in [5.74, 6) is 0. The van der Waals surface area contributed by atoms with E-state index in [0.717, 1.165) is 11.3 Å². The topological polar surface area (TPSA) is 36.7 Å². The number of thiol groups is 1. The molecule has 1 aromatic carbocycles. The first kappa shape index (κ1) is 11.0. The lowest BCUT2D eigenvalue weighted by atomic mass is 10.1. The van der Waals surface area contributed by atoms with Gasteiger partial charge in [-0.15, -0.1) is 12.6 Å². The van der Waals surface area contributed by atoms with Crippen LogP contribution in [-0.4, -0.2) is 4.98 Å². The van der Waals surface area contributed by atoms with Crippen LogP contribution in [0.25, 0.3) is 11.3 Å². The minimum absolute atomic E-state index is 0.440. The van der Waals surface area contributed by atoms with Crippen LogP contribution in [0.1, 0.15) is 5.56 Å². The van der Waals surface area contributed by atoms with E-state index in [1.165, 1.54) is 0 Å². The number of nitrogens with zero attached hydrogens (tertiary/aromatic N) is 2. The summed E-state index contributed by atoms with van der Waals surface area (Å²) in [6.07, 6.45) is 0. The van der Waals surface area contributed by atoms with Gasteiger partial charge in [0.15, 0.2) is 0 Å². The first-order valence-electron chi connectivity index (χ1n) is 4.57. The zero-order valence-corrected chi connectivity index (χ0v) is 9.83. The SMILES string of the molecule is N#Cc1ccc(-c2ccc(Cl)cc2)nc1S. The van der Waals surface area contributed by atoms with Crippen LogP contribution >= 0.6 is 24.2 Å². The average Bonchev–Trinajstić information content (AvgIpc) is 2.30. The van der Waals surface area contributed by atoms with Crippen LogP contribution in [0.4, 0.5) is 0 Å². The summed E-state index contributed by atoms with van der Waals surface area (Å²) in [4.78, 5) is 4.24. The Labute approximate surface area is 104 Å². The first-order valence-corrected chi connectivity index (χ1v) is 5.39. The molecule has 0 saturated heterocycles. The van der Waals surface area contributed by atoms with E-state index >= 15 is 0 Å². The monoisotopic (exact) mass is 246 g/mol. The summed E-state index contributed by atoms with van der Waals surface area (Å²) in [7, 11) is 0.